The molecule has 1 aliphatic heterocycles. The maximum absolute atomic E-state index is 11.0. The molecule has 2 unspecified atom stereocenters. The van der Waals surface area contributed by atoms with Crippen molar-refractivity contribution in [2.24, 2.45) is 0 Å². The molecule has 0 radical (unpaired) electrons. The van der Waals surface area contributed by atoms with Crippen molar-refractivity contribution in [1.82, 2.24) is 5.32 Å². The van der Waals surface area contributed by atoms with E-state index >= 15 is 0 Å². The molecule has 1 saturated heterocycles. The zero-order valence-electron chi connectivity index (χ0n) is 8.01. The molecule has 0 aromatic heterocycles. The predicted octanol–water partition coefficient (Wildman–Crippen LogP) is -0.0294. The first kappa shape index (κ1) is 10.0. The Morgan fingerprint density at radius 3 is 2.53 bits per heavy atom. The molecule has 2 atom stereocenters. The van der Waals surface area contributed by atoms with Gasteiger partial charge in [-0.05, 0) is 6.08 Å². The Morgan fingerprint density at radius 1 is 1.20 bits per heavy atom. The second-order valence-corrected chi connectivity index (χ2v) is 4.23. The second-order valence-electron chi connectivity index (χ2n) is 4.23. The topological polar surface area (TPSA) is 98.3 Å². The standard InChI is InChI=1S/C8H11N3O4/c12-10(13)7-2-1-3-8(4-7,11(14)15)6-9-5-7/h1-2,9H,3-6H2. The van der Waals surface area contributed by atoms with Gasteiger partial charge in [0.2, 0.25) is 5.54 Å². The quantitative estimate of drug-likeness (QED) is 0.394. The van der Waals surface area contributed by atoms with Gasteiger partial charge < -0.3 is 5.32 Å². The van der Waals surface area contributed by atoms with Gasteiger partial charge >= 0.3 is 0 Å². The number of nitro groups is 2. The molecule has 1 aliphatic carbocycles. The van der Waals surface area contributed by atoms with E-state index in [1.54, 1.807) is 6.08 Å². The lowest BCUT2D eigenvalue weighted by atomic mass is 9.73. The lowest BCUT2D eigenvalue weighted by Crippen LogP contribution is -2.64. The molecule has 82 valence electrons. The van der Waals surface area contributed by atoms with Crippen molar-refractivity contribution < 1.29 is 9.85 Å². The number of piperidine rings is 1. The third-order valence-electron chi connectivity index (χ3n) is 3.20. The molecule has 0 spiro atoms. The van der Waals surface area contributed by atoms with Gasteiger partial charge in [-0.15, -0.1) is 0 Å². The molecule has 1 N–H and O–H groups in total. The second kappa shape index (κ2) is 2.99. The van der Waals surface area contributed by atoms with Crippen LogP contribution in [0.25, 0.3) is 0 Å². The Kier molecular flexibility index (Phi) is 2.00. The summed E-state index contributed by atoms with van der Waals surface area (Å²) in [4.78, 5) is 21.1. The van der Waals surface area contributed by atoms with E-state index in [2.05, 4.69) is 5.32 Å². The molecule has 1 heterocycles. The van der Waals surface area contributed by atoms with E-state index in [0.717, 1.165) is 0 Å². The van der Waals surface area contributed by atoms with Crippen molar-refractivity contribution in [1.29, 1.82) is 0 Å². The molecule has 15 heavy (non-hydrogen) atoms. The summed E-state index contributed by atoms with van der Waals surface area (Å²) in [6, 6.07) is 0. The Morgan fingerprint density at radius 2 is 1.93 bits per heavy atom. The fourth-order valence-electron chi connectivity index (χ4n) is 2.36. The number of nitrogens with zero attached hydrogens (tertiary/aromatic N) is 2. The highest BCUT2D eigenvalue weighted by Gasteiger charge is 2.60. The number of rotatable bonds is 2. The van der Waals surface area contributed by atoms with E-state index in [-0.39, 0.29) is 30.9 Å². The predicted molar refractivity (Wildman–Crippen MR) is 50.7 cm³/mol. The minimum atomic E-state index is -1.29. The van der Waals surface area contributed by atoms with Crippen molar-refractivity contribution in [3.05, 3.63) is 32.4 Å². The highest BCUT2D eigenvalue weighted by atomic mass is 16.6. The summed E-state index contributed by atoms with van der Waals surface area (Å²) in [6.07, 6.45) is 3.31. The van der Waals surface area contributed by atoms with Crippen LogP contribution in [0, 0.1) is 20.2 Å². The SMILES string of the molecule is O=[N+]([O-])C12C=CCC([N+](=O)[O-])(CNC1)C2. The van der Waals surface area contributed by atoms with Crippen molar-refractivity contribution >= 4 is 0 Å². The Labute approximate surface area is 85.4 Å². The summed E-state index contributed by atoms with van der Waals surface area (Å²) < 4.78 is 0. The Hall–Kier alpha value is -1.50. The molecule has 7 heteroatoms. The zero-order valence-corrected chi connectivity index (χ0v) is 8.01. The number of fused-ring (bicyclic) bond motifs is 2. The van der Waals surface area contributed by atoms with Gasteiger partial charge in [0.1, 0.15) is 0 Å². The van der Waals surface area contributed by atoms with Gasteiger partial charge in [0.15, 0.2) is 0 Å². The first-order chi connectivity index (χ1) is 7.01. The zero-order chi connectivity index (χ0) is 11.1. The van der Waals surface area contributed by atoms with Crippen LogP contribution in [-0.4, -0.2) is 34.0 Å². The third kappa shape index (κ3) is 1.30. The normalized spacial score (nSPS) is 38.7. The van der Waals surface area contributed by atoms with Gasteiger partial charge in [0.25, 0.3) is 5.54 Å². The number of hydrogen-bond donors (Lipinski definition) is 1. The molecular weight excluding hydrogens is 202 g/mol. The maximum Gasteiger partial charge on any atom is 0.259 e. The molecular formula is C8H11N3O4. The van der Waals surface area contributed by atoms with E-state index in [1.165, 1.54) is 6.08 Å². The van der Waals surface area contributed by atoms with Crippen molar-refractivity contribution in [3.8, 4) is 0 Å². The van der Waals surface area contributed by atoms with Crippen LogP contribution < -0.4 is 5.32 Å². The molecule has 2 rings (SSSR count). The van der Waals surface area contributed by atoms with E-state index in [4.69, 9.17) is 0 Å². The van der Waals surface area contributed by atoms with Crippen LogP contribution in [0.1, 0.15) is 12.8 Å². The van der Waals surface area contributed by atoms with Crippen LogP contribution >= 0.6 is 0 Å². The Balaban J connectivity index is 2.40. The smallest absolute Gasteiger partial charge is 0.259 e. The minimum absolute atomic E-state index is 0.0104. The van der Waals surface area contributed by atoms with Crippen molar-refractivity contribution in [3.63, 3.8) is 0 Å². The number of nitrogens with one attached hydrogen (secondary N) is 1. The van der Waals surface area contributed by atoms with Crippen LogP contribution in [0.2, 0.25) is 0 Å². The summed E-state index contributed by atoms with van der Waals surface area (Å²) in [5.41, 5.74) is -2.48. The molecule has 0 amide bonds. The summed E-state index contributed by atoms with van der Waals surface area (Å²) in [6.45, 7) is 0.381. The fourth-order valence-corrected chi connectivity index (χ4v) is 2.36. The van der Waals surface area contributed by atoms with E-state index < -0.39 is 16.0 Å². The largest absolute Gasteiger partial charge is 0.303 e. The first-order valence-corrected chi connectivity index (χ1v) is 4.68. The van der Waals surface area contributed by atoms with Gasteiger partial charge in [-0.2, -0.15) is 0 Å². The lowest BCUT2D eigenvalue weighted by Gasteiger charge is -2.38. The molecule has 2 aliphatic rings. The average Bonchev–Trinajstić information content (AvgIpc) is 2.17. The highest BCUT2D eigenvalue weighted by Crippen LogP contribution is 2.37. The van der Waals surface area contributed by atoms with Gasteiger partial charge in [-0.25, -0.2) is 0 Å². The van der Waals surface area contributed by atoms with E-state index in [0.29, 0.717) is 0 Å². The van der Waals surface area contributed by atoms with Crippen LogP contribution in [0.15, 0.2) is 12.2 Å². The van der Waals surface area contributed by atoms with Crippen molar-refractivity contribution in [2.75, 3.05) is 13.1 Å². The first-order valence-electron chi connectivity index (χ1n) is 4.68. The maximum atomic E-state index is 11.0. The third-order valence-corrected chi connectivity index (χ3v) is 3.20. The van der Waals surface area contributed by atoms with E-state index in [1.807, 2.05) is 0 Å². The van der Waals surface area contributed by atoms with Crippen molar-refractivity contribution in [2.45, 2.75) is 23.9 Å². The molecule has 0 aromatic carbocycles. The molecule has 1 fully saturated rings. The molecule has 2 bridgehead atoms. The fraction of sp³-hybridized carbons (Fsp3) is 0.750. The van der Waals surface area contributed by atoms with E-state index in [9.17, 15) is 20.2 Å². The summed E-state index contributed by atoms with van der Waals surface area (Å²) in [7, 11) is 0. The van der Waals surface area contributed by atoms with Crippen LogP contribution in [0.3, 0.4) is 0 Å². The number of hydrogen-bond acceptors (Lipinski definition) is 5. The highest BCUT2D eigenvalue weighted by molar-refractivity contribution is 5.16. The lowest BCUT2D eigenvalue weighted by molar-refractivity contribution is -0.613. The van der Waals surface area contributed by atoms with Gasteiger partial charge in [-0.1, -0.05) is 6.08 Å². The summed E-state index contributed by atoms with van der Waals surface area (Å²) in [5.74, 6) is 0. The summed E-state index contributed by atoms with van der Waals surface area (Å²) >= 11 is 0. The van der Waals surface area contributed by atoms with Crippen LogP contribution in [0.4, 0.5) is 0 Å². The van der Waals surface area contributed by atoms with Gasteiger partial charge in [0, 0.05) is 16.3 Å². The summed E-state index contributed by atoms with van der Waals surface area (Å²) in [5, 5.41) is 24.7. The molecule has 0 saturated carbocycles. The van der Waals surface area contributed by atoms with Crippen LogP contribution in [0.5, 0.6) is 0 Å². The minimum Gasteiger partial charge on any atom is -0.303 e. The van der Waals surface area contributed by atoms with Crippen LogP contribution in [-0.2, 0) is 0 Å². The average molecular weight is 213 g/mol. The Bertz CT molecular complexity index is 356. The van der Waals surface area contributed by atoms with Gasteiger partial charge in [0.05, 0.1) is 19.5 Å². The molecule has 7 nitrogen and oxygen atoms in total. The van der Waals surface area contributed by atoms with Gasteiger partial charge in [-0.3, -0.25) is 20.2 Å². The molecule has 0 aromatic rings. The monoisotopic (exact) mass is 213 g/mol.